The highest BCUT2D eigenvalue weighted by Crippen LogP contribution is 2.39. The molecule has 0 unspecified atom stereocenters. The summed E-state index contributed by atoms with van der Waals surface area (Å²) in [5, 5.41) is 6.83. The number of nitrogens with zero attached hydrogens (tertiary/aromatic N) is 2. The number of benzene rings is 1. The van der Waals surface area contributed by atoms with Crippen molar-refractivity contribution in [2.24, 2.45) is 0 Å². The normalized spacial score (nSPS) is 10.1. The lowest BCUT2D eigenvalue weighted by Gasteiger charge is -2.16. The SMILES string of the molecule is COc1cc(NC(=S)NCCCn2ccnc2)cc(OC)c1OC. The standard InChI is InChI=1S/C16H22N4O3S/c1-21-13-9-12(10-14(22-2)15(13)23-3)19-16(24)18-5-4-7-20-8-6-17-11-20/h6,8-11H,4-5,7H2,1-3H3,(H2,18,19,24). The number of nitrogens with one attached hydrogen (secondary N) is 2. The molecule has 0 aliphatic carbocycles. The zero-order chi connectivity index (χ0) is 17.4. The number of rotatable bonds is 8. The van der Waals surface area contributed by atoms with Crippen molar-refractivity contribution in [2.45, 2.75) is 13.0 Å². The molecule has 0 fully saturated rings. The number of aromatic nitrogens is 2. The molecule has 8 heteroatoms. The van der Waals surface area contributed by atoms with Crippen LogP contribution in [0, 0.1) is 0 Å². The van der Waals surface area contributed by atoms with Crippen LogP contribution in [0.15, 0.2) is 30.9 Å². The molecule has 2 rings (SSSR count). The molecule has 1 aromatic heterocycles. The van der Waals surface area contributed by atoms with Gasteiger partial charge in [-0.05, 0) is 18.6 Å². The van der Waals surface area contributed by atoms with E-state index >= 15 is 0 Å². The molecule has 1 aromatic carbocycles. The molecule has 2 aromatic rings. The van der Waals surface area contributed by atoms with Gasteiger partial charge in [-0.15, -0.1) is 0 Å². The summed E-state index contributed by atoms with van der Waals surface area (Å²) in [5.74, 6) is 1.69. The molecule has 7 nitrogen and oxygen atoms in total. The van der Waals surface area contributed by atoms with Crippen LogP contribution < -0.4 is 24.8 Å². The van der Waals surface area contributed by atoms with Gasteiger partial charge in [-0.25, -0.2) is 4.98 Å². The van der Waals surface area contributed by atoms with Crippen LogP contribution >= 0.6 is 12.2 Å². The fraction of sp³-hybridized carbons (Fsp3) is 0.375. The highest BCUT2D eigenvalue weighted by atomic mass is 32.1. The maximum absolute atomic E-state index is 5.32. The van der Waals surface area contributed by atoms with Gasteiger partial charge in [0.25, 0.3) is 0 Å². The predicted molar refractivity (Wildman–Crippen MR) is 97.2 cm³/mol. The zero-order valence-corrected chi connectivity index (χ0v) is 14.9. The molecule has 0 radical (unpaired) electrons. The van der Waals surface area contributed by atoms with E-state index in [-0.39, 0.29) is 0 Å². The highest BCUT2D eigenvalue weighted by Gasteiger charge is 2.13. The Morgan fingerprint density at radius 3 is 2.42 bits per heavy atom. The van der Waals surface area contributed by atoms with Gasteiger partial charge >= 0.3 is 0 Å². The Bertz CT molecular complexity index is 636. The number of imidazole rings is 1. The van der Waals surface area contributed by atoms with Crippen LogP contribution in [0.2, 0.25) is 0 Å². The van der Waals surface area contributed by atoms with Gasteiger partial charge in [-0.3, -0.25) is 0 Å². The molecule has 24 heavy (non-hydrogen) atoms. The smallest absolute Gasteiger partial charge is 0.203 e. The third kappa shape index (κ3) is 4.76. The van der Waals surface area contributed by atoms with Gasteiger partial charge in [-0.2, -0.15) is 0 Å². The molecular formula is C16H22N4O3S. The number of thiocarbonyl (C=S) groups is 1. The second-order valence-electron chi connectivity index (χ2n) is 4.95. The van der Waals surface area contributed by atoms with Gasteiger partial charge in [0, 0.05) is 43.3 Å². The summed E-state index contributed by atoms with van der Waals surface area (Å²) in [6.07, 6.45) is 6.44. The molecule has 1 heterocycles. The van der Waals surface area contributed by atoms with E-state index in [0.717, 1.165) is 25.2 Å². The van der Waals surface area contributed by atoms with Gasteiger partial charge in [0.2, 0.25) is 5.75 Å². The minimum absolute atomic E-state index is 0.537. The average molecular weight is 350 g/mol. The quantitative estimate of drug-likeness (QED) is 0.559. The van der Waals surface area contributed by atoms with E-state index in [2.05, 4.69) is 15.6 Å². The largest absolute Gasteiger partial charge is 0.493 e. The van der Waals surface area contributed by atoms with Gasteiger partial charge in [0.15, 0.2) is 16.6 Å². The van der Waals surface area contributed by atoms with Gasteiger partial charge in [-0.1, -0.05) is 0 Å². The molecule has 0 aliphatic rings. The molecule has 130 valence electrons. The zero-order valence-electron chi connectivity index (χ0n) is 14.0. The Labute approximate surface area is 146 Å². The van der Waals surface area contributed by atoms with Crippen molar-refractivity contribution in [3.05, 3.63) is 30.9 Å². The first-order chi connectivity index (χ1) is 11.7. The van der Waals surface area contributed by atoms with Crippen LogP contribution in [0.5, 0.6) is 17.2 Å². The van der Waals surface area contributed by atoms with E-state index in [1.54, 1.807) is 46.0 Å². The fourth-order valence-corrected chi connectivity index (χ4v) is 2.43. The number of methoxy groups -OCH3 is 3. The predicted octanol–water partition coefficient (Wildman–Crippen LogP) is 2.29. The van der Waals surface area contributed by atoms with Crippen LogP contribution in [0.25, 0.3) is 0 Å². The molecular weight excluding hydrogens is 328 g/mol. The van der Waals surface area contributed by atoms with Gasteiger partial charge < -0.3 is 29.4 Å². The molecule has 2 N–H and O–H groups in total. The highest BCUT2D eigenvalue weighted by molar-refractivity contribution is 7.80. The van der Waals surface area contributed by atoms with E-state index in [4.69, 9.17) is 26.4 Å². The Morgan fingerprint density at radius 2 is 1.88 bits per heavy atom. The lowest BCUT2D eigenvalue weighted by Crippen LogP contribution is -2.29. The second-order valence-corrected chi connectivity index (χ2v) is 5.36. The minimum Gasteiger partial charge on any atom is -0.493 e. The first-order valence-corrected chi connectivity index (χ1v) is 7.89. The third-order valence-corrected chi connectivity index (χ3v) is 3.61. The van der Waals surface area contributed by atoms with Crippen LogP contribution in [0.1, 0.15) is 6.42 Å². The van der Waals surface area contributed by atoms with E-state index in [9.17, 15) is 0 Å². The van der Waals surface area contributed by atoms with Crippen LogP contribution in [0.4, 0.5) is 5.69 Å². The molecule has 0 atom stereocenters. The summed E-state index contributed by atoms with van der Waals surface area (Å²) in [6.45, 7) is 1.65. The summed E-state index contributed by atoms with van der Waals surface area (Å²) in [7, 11) is 4.72. The Balaban J connectivity index is 1.88. The van der Waals surface area contributed by atoms with Gasteiger partial charge in [0.05, 0.1) is 27.7 Å². The molecule has 0 aliphatic heterocycles. The Kier molecular flexibility index (Phi) is 6.68. The van der Waals surface area contributed by atoms with Gasteiger partial charge in [0.1, 0.15) is 0 Å². The number of ether oxygens (including phenoxy) is 3. The van der Waals surface area contributed by atoms with E-state index in [1.165, 1.54) is 0 Å². The Hall–Kier alpha value is -2.48. The van der Waals surface area contributed by atoms with Crippen LogP contribution in [-0.4, -0.2) is 42.5 Å². The lowest BCUT2D eigenvalue weighted by molar-refractivity contribution is 0.324. The summed E-state index contributed by atoms with van der Waals surface area (Å²) in [4.78, 5) is 4.01. The first-order valence-electron chi connectivity index (χ1n) is 7.48. The first kappa shape index (κ1) is 17.9. The topological polar surface area (TPSA) is 69.6 Å². The van der Waals surface area contributed by atoms with Crippen LogP contribution in [0.3, 0.4) is 0 Å². The lowest BCUT2D eigenvalue weighted by atomic mass is 10.2. The van der Waals surface area contributed by atoms with E-state index < -0.39 is 0 Å². The van der Waals surface area contributed by atoms with Crippen molar-refractivity contribution in [1.29, 1.82) is 0 Å². The van der Waals surface area contributed by atoms with Crippen molar-refractivity contribution in [2.75, 3.05) is 33.2 Å². The van der Waals surface area contributed by atoms with E-state index in [0.29, 0.717) is 22.4 Å². The van der Waals surface area contributed by atoms with Crippen molar-refractivity contribution < 1.29 is 14.2 Å². The van der Waals surface area contributed by atoms with Crippen molar-refractivity contribution in [1.82, 2.24) is 14.9 Å². The monoisotopic (exact) mass is 350 g/mol. The minimum atomic E-state index is 0.537. The van der Waals surface area contributed by atoms with Crippen molar-refractivity contribution in [3.8, 4) is 17.2 Å². The average Bonchev–Trinajstić information content (AvgIpc) is 3.11. The fourth-order valence-electron chi connectivity index (χ4n) is 2.21. The molecule has 0 saturated carbocycles. The molecule has 0 saturated heterocycles. The summed E-state index contributed by atoms with van der Waals surface area (Å²) in [5.41, 5.74) is 0.761. The third-order valence-electron chi connectivity index (χ3n) is 3.36. The van der Waals surface area contributed by atoms with Crippen molar-refractivity contribution >= 4 is 23.0 Å². The summed E-state index contributed by atoms with van der Waals surface area (Å²) < 4.78 is 18.0. The molecule has 0 bridgehead atoms. The molecule has 0 spiro atoms. The number of hydrogen-bond donors (Lipinski definition) is 2. The number of hydrogen-bond acceptors (Lipinski definition) is 5. The summed E-state index contributed by atoms with van der Waals surface area (Å²) >= 11 is 5.32. The summed E-state index contributed by atoms with van der Waals surface area (Å²) in [6, 6.07) is 3.61. The maximum atomic E-state index is 5.32. The maximum Gasteiger partial charge on any atom is 0.203 e. The second kappa shape index (κ2) is 8.97. The van der Waals surface area contributed by atoms with Crippen LogP contribution in [-0.2, 0) is 6.54 Å². The van der Waals surface area contributed by atoms with Crippen molar-refractivity contribution in [3.63, 3.8) is 0 Å². The Morgan fingerprint density at radius 1 is 1.17 bits per heavy atom. The number of aryl methyl sites for hydroxylation is 1. The number of anilines is 1. The molecule has 0 amide bonds. The van der Waals surface area contributed by atoms with E-state index in [1.807, 2.05) is 10.8 Å².